The van der Waals surface area contributed by atoms with Gasteiger partial charge in [-0.1, -0.05) is 11.8 Å². The number of halogens is 1. The van der Waals surface area contributed by atoms with Crippen molar-refractivity contribution in [2.45, 2.75) is 9.79 Å². The highest BCUT2D eigenvalue weighted by Crippen LogP contribution is 2.32. The van der Waals surface area contributed by atoms with E-state index in [1.807, 2.05) is 0 Å². The molecular formula is C14H13FN2OS. The van der Waals surface area contributed by atoms with Crippen LogP contribution in [0.2, 0.25) is 0 Å². The molecule has 0 radical (unpaired) electrons. The molecular weight excluding hydrogens is 263 g/mol. The maximum absolute atomic E-state index is 12.9. The van der Waals surface area contributed by atoms with Gasteiger partial charge in [0.1, 0.15) is 5.82 Å². The molecule has 0 spiro atoms. The first kappa shape index (κ1) is 13.4. The van der Waals surface area contributed by atoms with E-state index in [1.165, 1.54) is 23.9 Å². The van der Waals surface area contributed by atoms with Crippen molar-refractivity contribution in [3.05, 3.63) is 53.8 Å². The van der Waals surface area contributed by atoms with Gasteiger partial charge in [-0.2, -0.15) is 0 Å². The third-order valence-corrected chi connectivity index (χ3v) is 3.58. The van der Waals surface area contributed by atoms with Gasteiger partial charge in [0.15, 0.2) is 0 Å². The minimum Gasteiger partial charge on any atom is -0.399 e. The molecule has 0 fully saturated rings. The maximum Gasteiger partial charge on any atom is 0.252 e. The van der Waals surface area contributed by atoms with E-state index in [0.717, 1.165) is 9.79 Å². The molecule has 0 aromatic heterocycles. The minimum absolute atomic E-state index is 0.176. The summed E-state index contributed by atoms with van der Waals surface area (Å²) in [6, 6.07) is 11.2. The second kappa shape index (κ2) is 5.75. The Labute approximate surface area is 115 Å². The third-order valence-electron chi connectivity index (χ3n) is 2.52. The van der Waals surface area contributed by atoms with Gasteiger partial charge in [0, 0.05) is 22.5 Å². The maximum atomic E-state index is 12.9. The van der Waals surface area contributed by atoms with Crippen LogP contribution in [-0.2, 0) is 0 Å². The largest absolute Gasteiger partial charge is 0.399 e. The fraction of sp³-hybridized carbons (Fsp3) is 0.0714. The van der Waals surface area contributed by atoms with Crippen LogP contribution < -0.4 is 11.1 Å². The fourth-order valence-electron chi connectivity index (χ4n) is 1.58. The molecule has 5 heteroatoms. The van der Waals surface area contributed by atoms with Gasteiger partial charge in [-0.25, -0.2) is 4.39 Å². The summed E-state index contributed by atoms with van der Waals surface area (Å²) in [6.45, 7) is 0. The van der Waals surface area contributed by atoms with Crippen LogP contribution in [0.3, 0.4) is 0 Å². The zero-order valence-electron chi connectivity index (χ0n) is 10.3. The summed E-state index contributed by atoms with van der Waals surface area (Å²) in [7, 11) is 1.57. The predicted molar refractivity (Wildman–Crippen MR) is 74.8 cm³/mol. The Bertz CT molecular complexity index is 599. The molecule has 0 bridgehead atoms. The van der Waals surface area contributed by atoms with Crippen LogP contribution >= 0.6 is 11.8 Å². The lowest BCUT2D eigenvalue weighted by molar-refractivity contribution is 0.0960. The lowest BCUT2D eigenvalue weighted by atomic mass is 10.2. The standard InChI is InChI=1S/C14H13FN2OS/c1-17-14(18)12-7-4-10(16)8-13(12)19-11-5-2-9(15)3-6-11/h2-8H,16H2,1H3,(H,17,18). The van der Waals surface area contributed by atoms with Crippen LogP contribution in [0.25, 0.3) is 0 Å². The smallest absolute Gasteiger partial charge is 0.252 e. The van der Waals surface area contributed by atoms with E-state index in [2.05, 4.69) is 5.32 Å². The molecule has 2 aromatic rings. The van der Waals surface area contributed by atoms with Crippen LogP contribution in [0.4, 0.5) is 10.1 Å². The van der Waals surface area contributed by atoms with E-state index in [-0.39, 0.29) is 11.7 Å². The molecule has 0 saturated heterocycles. The zero-order valence-corrected chi connectivity index (χ0v) is 11.1. The topological polar surface area (TPSA) is 55.1 Å². The Balaban J connectivity index is 2.35. The van der Waals surface area contributed by atoms with Gasteiger partial charge < -0.3 is 11.1 Å². The number of benzene rings is 2. The summed E-state index contributed by atoms with van der Waals surface area (Å²) in [4.78, 5) is 13.4. The van der Waals surface area contributed by atoms with Crippen molar-refractivity contribution in [2.75, 3.05) is 12.8 Å². The van der Waals surface area contributed by atoms with E-state index >= 15 is 0 Å². The predicted octanol–water partition coefficient (Wildman–Crippen LogP) is 2.92. The Morgan fingerprint density at radius 1 is 1.21 bits per heavy atom. The Kier molecular flexibility index (Phi) is 4.06. The second-order valence-corrected chi connectivity index (χ2v) is 5.01. The number of nitrogens with one attached hydrogen (secondary N) is 1. The first-order valence-corrected chi connectivity index (χ1v) is 6.47. The molecule has 3 N–H and O–H groups in total. The lowest BCUT2D eigenvalue weighted by Gasteiger charge is -2.09. The van der Waals surface area contributed by atoms with Gasteiger partial charge in [-0.05, 0) is 42.5 Å². The number of carbonyl (C=O) groups is 1. The number of nitrogen functional groups attached to an aromatic ring is 1. The number of nitrogens with two attached hydrogens (primary N) is 1. The molecule has 19 heavy (non-hydrogen) atoms. The number of hydrogen-bond donors (Lipinski definition) is 2. The van der Waals surface area contributed by atoms with E-state index in [1.54, 1.807) is 37.4 Å². The van der Waals surface area contributed by atoms with Gasteiger partial charge in [0.05, 0.1) is 5.56 Å². The molecule has 2 rings (SSSR count). The molecule has 98 valence electrons. The second-order valence-electron chi connectivity index (χ2n) is 3.89. The normalized spacial score (nSPS) is 10.2. The molecule has 0 aliphatic rings. The van der Waals surface area contributed by atoms with Crippen molar-refractivity contribution >= 4 is 23.4 Å². The SMILES string of the molecule is CNC(=O)c1ccc(N)cc1Sc1ccc(F)cc1. The number of rotatable bonds is 3. The van der Waals surface area contributed by atoms with Gasteiger partial charge in [-0.3, -0.25) is 4.79 Å². The van der Waals surface area contributed by atoms with Crippen molar-refractivity contribution in [3.63, 3.8) is 0 Å². The Morgan fingerprint density at radius 3 is 2.53 bits per heavy atom. The van der Waals surface area contributed by atoms with E-state index < -0.39 is 0 Å². The van der Waals surface area contributed by atoms with Crippen molar-refractivity contribution in [3.8, 4) is 0 Å². The van der Waals surface area contributed by atoms with Crippen LogP contribution in [-0.4, -0.2) is 13.0 Å². The summed E-state index contributed by atoms with van der Waals surface area (Å²) in [6.07, 6.45) is 0. The van der Waals surface area contributed by atoms with Gasteiger partial charge >= 0.3 is 0 Å². The van der Waals surface area contributed by atoms with Crippen LogP contribution in [0, 0.1) is 5.82 Å². The van der Waals surface area contributed by atoms with Crippen LogP contribution in [0.1, 0.15) is 10.4 Å². The van der Waals surface area contributed by atoms with Gasteiger partial charge in [-0.15, -0.1) is 0 Å². The third kappa shape index (κ3) is 3.26. The zero-order chi connectivity index (χ0) is 13.8. The monoisotopic (exact) mass is 276 g/mol. The summed E-state index contributed by atoms with van der Waals surface area (Å²) in [5.41, 5.74) is 6.87. The van der Waals surface area contributed by atoms with Crippen molar-refractivity contribution < 1.29 is 9.18 Å². The molecule has 0 saturated carbocycles. The Hall–Kier alpha value is -2.01. The summed E-state index contributed by atoms with van der Waals surface area (Å²) >= 11 is 1.37. The number of anilines is 1. The van der Waals surface area contributed by atoms with Crippen LogP contribution in [0.15, 0.2) is 52.3 Å². The van der Waals surface area contributed by atoms with Crippen LogP contribution in [0.5, 0.6) is 0 Å². The molecule has 2 aromatic carbocycles. The van der Waals surface area contributed by atoms with E-state index in [0.29, 0.717) is 11.3 Å². The number of carbonyl (C=O) groups excluding carboxylic acids is 1. The number of amides is 1. The summed E-state index contributed by atoms with van der Waals surface area (Å²) in [5, 5.41) is 2.58. The lowest BCUT2D eigenvalue weighted by Crippen LogP contribution is -2.18. The highest BCUT2D eigenvalue weighted by Gasteiger charge is 2.11. The molecule has 0 unspecified atom stereocenters. The van der Waals surface area contributed by atoms with Gasteiger partial charge in [0.2, 0.25) is 0 Å². The molecule has 0 heterocycles. The minimum atomic E-state index is -0.288. The highest BCUT2D eigenvalue weighted by atomic mass is 32.2. The number of hydrogen-bond acceptors (Lipinski definition) is 3. The van der Waals surface area contributed by atoms with Crippen molar-refractivity contribution in [2.24, 2.45) is 0 Å². The Morgan fingerprint density at radius 2 is 1.89 bits per heavy atom. The van der Waals surface area contributed by atoms with E-state index in [9.17, 15) is 9.18 Å². The van der Waals surface area contributed by atoms with E-state index in [4.69, 9.17) is 5.73 Å². The first-order chi connectivity index (χ1) is 9.10. The highest BCUT2D eigenvalue weighted by molar-refractivity contribution is 7.99. The van der Waals surface area contributed by atoms with Gasteiger partial charge in [0.25, 0.3) is 5.91 Å². The molecule has 1 amide bonds. The molecule has 0 aliphatic carbocycles. The average molecular weight is 276 g/mol. The first-order valence-electron chi connectivity index (χ1n) is 5.65. The molecule has 0 aliphatic heterocycles. The summed E-state index contributed by atoms with van der Waals surface area (Å²) < 4.78 is 12.9. The average Bonchev–Trinajstić information content (AvgIpc) is 2.41. The molecule has 0 atom stereocenters. The molecule has 3 nitrogen and oxygen atoms in total. The fourth-order valence-corrected chi connectivity index (χ4v) is 2.57. The summed E-state index contributed by atoms with van der Waals surface area (Å²) in [5.74, 6) is -0.465. The van der Waals surface area contributed by atoms with Crippen molar-refractivity contribution in [1.82, 2.24) is 5.32 Å². The quantitative estimate of drug-likeness (QED) is 0.847. The van der Waals surface area contributed by atoms with Crippen molar-refractivity contribution in [1.29, 1.82) is 0 Å².